The number of rotatable bonds is 3. The molecule has 4 nitrogen and oxygen atoms in total. The molecule has 1 aromatic carbocycles. The van der Waals surface area contributed by atoms with Crippen LogP contribution in [-0.4, -0.2) is 4.98 Å². The summed E-state index contributed by atoms with van der Waals surface area (Å²) in [5.41, 5.74) is 5.66. The SMILES string of the molecule is Cc1cc(C)cc(Nc2nc(NN)c(Cl)cc2Cl)c1. The van der Waals surface area contributed by atoms with Crippen molar-refractivity contribution in [2.24, 2.45) is 5.84 Å². The van der Waals surface area contributed by atoms with Crippen LogP contribution in [0.15, 0.2) is 24.3 Å². The van der Waals surface area contributed by atoms with E-state index in [1.807, 2.05) is 26.0 Å². The molecule has 0 saturated heterocycles. The largest absolute Gasteiger partial charge is 0.339 e. The zero-order valence-corrected chi connectivity index (χ0v) is 12.1. The van der Waals surface area contributed by atoms with Gasteiger partial charge in [-0.05, 0) is 43.2 Å². The molecule has 0 spiro atoms. The number of nitrogens with two attached hydrogens (primary N) is 1. The Bertz CT molecular complexity index is 594. The molecule has 2 rings (SSSR count). The van der Waals surface area contributed by atoms with Crippen molar-refractivity contribution in [2.75, 3.05) is 10.7 Å². The number of hydrazine groups is 1. The molecule has 6 heteroatoms. The van der Waals surface area contributed by atoms with Crippen molar-refractivity contribution < 1.29 is 0 Å². The fourth-order valence-corrected chi connectivity index (χ4v) is 2.30. The molecule has 4 N–H and O–H groups in total. The minimum Gasteiger partial charge on any atom is -0.339 e. The van der Waals surface area contributed by atoms with Gasteiger partial charge >= 0.3 is 0 Å². The standard InChI is InChI=1S/C13H14Cl2N4/c1-7-3-8(2)5-9(4-7)17-12-10(14)6-11(15)13(18-12)19-16/h3-6H,16H2,1-2H3,(H2,17,18,19). The Hall–Kier alpha value is -1.49. The second-order valence-electron chi connectivity index (χ2n) is 4.29. The van der Waals surface area contributed by atoms with Crippen LogP contribution in [0.2, 0.25) is 10.0 Å². The summed E-state index contributed by atoms with van der Waals surface area (Å²) in [6, 6.07) is 7.70. The molecule has 1 heterocycles. The van der Waals surface area contributed by atoms with Crippen molar-refractivity contribution >= 4 is 40.5 Å². The molecule has 0 bridgehead atoms. The monoisotopic (exact) mass is 296 g/mol. The quantitative estimate of drug-likeness (QED) is 0.591. The number of pyridine rings is 1. The predicted molar refractivity (Wildman–Crippen MR) is 81.3 cm³/mol. The molecule has 0 aliphatic carbocycles. The lowest BCUT2D eigenvalue weighted by atomic mass is 10.1. The van der Waals surface area contributed by atoms with Gasteiger partial charge in [0.15, 0.2) is 11.6 Å². The molecule has 100 valence electrons. The second-order valence-corrected chi connectivity index (χ2v) is 5.11. The minimum atomic E-state index is 0.373. The van der Waals surface area contributed by atoms with Crippen LogP contribution in [0.25, 0.3) is 0 Å². The van der Waals surface area contributed by atoms with E-state index < -0.39 is 0 Å². The first kappa shape index (κ1) is 13.9. The van der Waals surface area contributed by atoms with Crippen LogP contribution in [0.5, 0.6) is 0 Å². The zero-order chi connectivity index (χ0) is 14.0. The number of halogens is 2. The molecule has 0 amide bonds. The van der Waals surface area contributed by atoms with Gasteiger partial charge in [0.1, 0.15) is 0 Å². The predicted octanol–water partition coefficient (Wildman–Crippen LogP) is 4.03. The average molecular weight is 297 g/mol. The van der Waals surface area contributed by atoms with Gasteiger partial charge in [0, 0.05) is 5.69 Å². The highest BCUT2D eigenvalue weighted by Gasteiger charge is 2.09. The van der Waals surface area contributed by atoms with Crippen LogP contribution in [0.1, 0.15) is 11.1 Å². The molecule has 0 radical (unpaired) electrons. The Labute approximate surface area is 121 Å². The summed E-state index contributed by atoms with van der Waals surface area (Å²) in [6.45, 7) is 4.06. The van der Waals surface area contributed by atoms with E-state index >= 15 is 0 Å². The summed E-state index contributed by atoms with van der Waals surface area (Å²) >= 11 is 12.0. The third kappa shape index (κ3) is 3.29. The number of aromatic nitrogens is 1. The smallest absolute Gasteiger partial charge is 0.161 e. The maximum absolute atomic E-state index is 6.11. The Morgan fingerprint density at radius 2 is 1.53 bits per heavy atom. The van der Waals surface area contributed by atoms with E-state index in [-0.39, 0.29) is 0 Å². The van der Waals surface area contributed by atoms with E-state index in [1.54, 1.807) is 6.07 Å². The zero-order valence-electron chi connectivity index (χ0n) is 10.6. The van der Waals surface area contributed by atoms with Crippen molar-refractivity contribution in [1.29, 1.82) is 0 Å². The van der Waals surface area contributed by atoms with E-state index in [0.717, 1.165) is 16.8 Å². The van der Waals surface area contributed by atoms with Gasteiger partial charge in [-0.15, -0.1) is 0 Å². The number of hydrogen-bond donors (Lipinski definition) is 3. The van der Waals surface area contributed by atoms with Crippen LogP contribution in [-0.2, 0) is 0 Å². The van der Waals surface area contributed by atoms with E-state index in [4.69, 9.17) is 29.0 Å². The number of nitrogens with one attached hydrogen (secondary N) is 2. The van der Waals surface area contributed by atoms with Gasteiger partial charge in [0.05, 0.1) is 10.0 Å². The molecule has 1 aromatic heterocycles. The van der Waals surface area contributed by atoms with E-state index in [0.29, 0.717) is 21.7 Å². The molecule has 2 aromatic rings. The summed E-state index contributed by atoms with van der Waals surface area (Å²) in [5.74, 6) is 6.22. The molecular formula is C13H14Cl2N4. The Kier molecular flexibility index (Phi) is 4.14. The van der Waals surface area contributed by atoms with Crippen LogP contribution < -0.4 is 16.6 Å². The third-order valence-electron chi connectivity index (χ3n) is 2.55. The Morgan fingerprint density at radius 1 is 0.947 bits per heavy atom. The lowest BCUT2D eigenvalue weighted by Gasteiger charge is -2.11. The van der Waals surface area contributed by atoms with Crippen LogP contribution in [0.4, 0.5) is 17.3 Å². The van der Waals surface area contributed by atoms with Gasteiger partial charge in [-0.25, -0.2) is 10.8 Å². The van der Waals surface area contributed by atoms with E-state index in [1.165, 1.54) is 0 Å². The van der Waals surface area contributed by atoms with Gasteiger partial charge in [0.2, 0.25) is 0 Å². The van der Waals surface area contributed by atoms with Gasteiger partial charge in [-0.2, -0.15) is 0 Å². The van der Waals surface area contributed by atoms with Crippen LogP contribution >= 0.6 is 23.2 Å². The molecule has 19 heavy (non-hydrogen) atoms. The lowest BCUT2D eigenvalue weighted by molar-refractivity contribution is 1.22. The third-order valence-corrected chi connectivity index (χ3v) is 3.13. The van der Waals surface area contributed by atoms with Crippen molar-refractivity contribution in [3.8, 4) is 0 Å². The first-order chi connectivity index (χ1) is 8.99. The Balaban J connectivity index is 2.37. The number of nitrogen functional groups attached to an aromatic ring is 1. The molecule has 0 aliphatic heterocycles. The number of benzene rings is 1. The molecular weight excluding hydrogens is 283 g/mol. The molecule has 0 aliphatic rings. The highest BCUT2D eigenvalue weighted by Crippen LogP contribution is 2.30. The topological polar surface area (TPSA) is 63.0 Å². The molecule has 0 saturated carbocycles. The van der Waals surface area contributed by atoms with Crippen LogP contribution in [0.3, 0.4) is 0 Å². The van der Waals surface area contributed by atoms with Crippen molar-refractivity contribution in [2.45, 2.75) is 13.8 Å². The fourth-order valence-electron chi connectivity index (χ4n) is 1.84. The van der Waals surface area contributed by atoms with Crippen molar-refractivity contribution in [3.05, 3.63) is 45.4 Å². The van der Waals surface area contributed by atoms with Gasteiger partial charge in [-0.1, -0.05) is 29.3 Å². The van der Waals surface area contributed by atoms with Crippen molar-refractivity contribution in [1.82, 2.24) is 4.98 Å². The number of nitrogens with zero attached hydrogens (tertiary/aromatic N) is 1. The minimum absolute atomic E-state index is 0.373. The lowest BCUT2D eigenvalue weighted by Crippen LogP contribution is -2.10. The number of aryl methyl sites for hydroxylation is 2. The highest BCUT2D eigenvalue weighted by atomic mass is 35.5. The summed E-state index contributed by atoms with van der Waals surface area (Å²) in [4.78, 5) is 4.23. The van der Waals surface area contributed by atoms with E-state index in [2.05, 4.69) is 21.8 Å². The molecule has 0 unspecified atom stereocenters. The maximum atomic E-state index is 6.11. The van der Waals surface area contributed by atoms with Gasteiger partial charge in [0.25, 0.3) is 0 Å². The number of hydrogen-bond acceptors (Lipinski definition) is 4. The first-order valence-electron chi connectivity index (χ1n) is 5.67. The second kappa shape index (κ2) is 5.65. The van der Waals surface area contributed by atoms with Gasteiger partial charge in [-0.3, -0.25) is 0 Å². The first-order valence-corrected chi connectivity index (χ1v) is 6.43. The number of anilines is 3. The summed E-state index contributed by atoms with van der Waals surface area (Å²) in [7, 11) is 0. The highest BCUT2D eigenvalue weighted by molar-refractivity contribution is 6.37. The fraction of sp³-hybridized carbons (Fsp3) is 0.154. The normalized spacial score (nSPS) is 10.4. The summed E-state index contributed by atoms with van der Waals surface area (Å²) in [6.07, 6.45) is 0. The molecule has 0 fully saturated rings. The Morgan fingerprint density at radius 3 is 2.11 bits per heavy atom. The summed E-state index contributed by atoms with van der Waals surface area (Å²) < 4.78 is 0. The summed E-state index contributed by atoms with van der Waals surface area (Å²) in [5, 5.41) is 3.97. The average Bonchev–Trinajstić information content (AvgIpc) is 2.31. The maximum Gasteiger partial charge on any atom is 0.161 e. The van der Waals surface area contributed by atoms with Crippen molar-refractivity contribution in [3.63, 3.8) is 0 Å². The van der Waals surface area contributed by atoms with E-state index in [9.17, 15) is 0 Å². The molecule has 0 atom stereocenters. The van der Waals surface area contributed by atoms with Gasteiger partial charge < -0.3 is 10.7 Å². The van der Waals surface area contributed by atoms with Crippen LogP contribution in [0, 0.1) is 13.8 Å².